The summed E-state index contributed by atoms with van der Waals surface area (Å²) in [5, 5.41) is 22.2. The van der Waals surface area contributed by atoms with E-state index in [9.17, 15) is 29.3 Å². The van der Waals surface area contributed by atoms with E-state index in [4.69, 9.17) is 0 Å². The van der Waals surface area contributed by atoms with Crippen LogP contribution in [-0.2, 0) is 20.9 Å². The van der Waals surface area contributed by atoms with Crippen molar-refractivity contribution in [1.82, 2.24) is 15.5 Å². The zero-order valence-corrected chi connectivity index (χ0v) is 22.8. The van der Waals surface area contributed by atoms with Crippen molar-refractivity contribution >= 4 is 58.2 Å². The second-order valence-corrected chi connectivity index (χ2v) is 10.4. The third-order valence-corrected chi connectivity index (χ3v) is 7.46. The maximum atomic E-state index is 13.3. The number of hydrogen-bond acceptors (Lipinski definition) is 7. The summed E-state index contributed by atoms with van der Waals surface area (Å²) < 4.78 is 0. The molecule has 216 valence electrons. The Hall–Kier alpha value is -5.78. The first kappa shape index (κ1) is 27.4. The molecule has 3 aliphatic heterocycles. The number of fused-ring (bicyclic) bond motifs is 1. The number of nitrogens with zero attached hydrogens (tertiary/aromatic N) is 2. The van der Waals surface area contributed by atoms with Crippen LogP contribution in [0.4, 0.5) is 21.9 Å². The lowest BCUT2D eigenvalue weighted by Gasteiger charge is -2.26. The molecule has 2 saturated heterocycles. The Balaban J connectivity index is 1.36. The number of nitrogens with one attached hydrogen (secondary N) is 4. The van der Waals surface area contributed by atoms with Crippen LogP contribution in [0.15, 0.2) is 72.4 Å². The Morgan fingerprint density at radius 2 is 1.67 bits per heavy atom. The predicted molar refractivity (Wildman–Crippen MR) is 159 cm³/mol. The highest BCUT2D eigenvalue weighted by molar-refractivity contribution is 6.37. The van der Waals surface area contributed by atoms with Crippen molar-refractivity contribution < 1.29 is 24.1 Å². The third kappa shape index (κ3) is 5.71. The van der Waals surface area contributed by atoms with Crippen LogP contribution in [0.25, 0.3) is 17.3 Å². The number of anilines is 2. The number of carbonyl (C=O) groups excluding carboxylic acids is 4. The molecule has 6 rings (SSSR count). The summed E-state index contributed by atoms with van der Waals surface area (Å²) in [6, 6.07) is 18.1. The summed E-state index contributed by atoms with van der Waals surface area (Å²) in [5.41, 5.74) is 4.39. The van der Waals surface area contributed by atoms with E-state index in [0.29, 0.717) is 46.7 Å². The Morgan fingerprint density at radius 1 is 0.907 bits per heavy atom. The maximum absolute atomic E-state index is 13.3. The quantitative estimate of drug-likeness (QED) is 0.141. The number of nitro groups is 1. The number of hydrogen-bond donors (Lipinski definition) is 4. The van der Waals surface area contributed by atoms with Crippen LogP contribution in [0.3, 0.4) is 0 Å². The Kier molecular flexibility index (Phi) is 7.16. The van der Waals surface area contributed by atoms with Gasteiger partial charge in [-0.1, -0.05) is 36.4 Å². The van der Waals surface area contributed by atoms with Gasteiger partial charge < -0.3 is 20.9 Å². The van der Waals surface area contributed by atoms with Crippen LogP contribution in [0.5, 0.6) is 0 Å². The van der Waals surface area contributed by atoms with Gasteiger partial charge in [-0.15, -0.1) is 0 Å². The van der Waals surface area contributed by atoms with Crippen LogP contribution < -0.4 is 21.3 Å². The van der Waals surface area contributed by atoms with Gasteiger partial charge in [-0.3, -0.25) is 29.8 Å². The van der Waals surface area contributed by atoms with Crippen molar-refractivity contribution in [3.63, 3.8) is 0 Å². The Bertz CT molecular complexity index is 1740. The molecule has 3 aromatic carbocycles. The van der Waals surface area contributed by atoms with E-state index in [2.05, 4.69) is 21.3 Å². The van der Waals surface area contributed by atoms with E-state index in [1.54, 1.807) is 24.3 Å². The highest BCUT2D eigenvalue weighted by Gasteiger charge is 2.30. The summed E-state index contributed by atoms with van der Waals surface area (Å²) in [5.74, 6) is -0.798. The molecule has 5 amide bonds. The summed E-state index contributed by atoms with van der Waals surface area (Å²) in [6.45, 7) is 1.21. The molecule has 0 unspecified atom stereocenters. The third-order valence-electron chi connectivity index (χ3n) is 7.46. The predicted octanol–water partition coefficient (Wildman–Crippen LogP) is 4.22. The largest absolute Gasteiger partial charge is 0.354 e. The zero-order chi connectivity index (χ0) is 30.1. The van der Waals surface area contributed by atoms with Gasteiger partial charge in [-0.05, 0) is 53.8 Å². The monoisotopic (exact) mass is 578 g/mol. The lowest BCUT2D eigenvalue weighted by atomic mass is 9.98. The molecule has 0 atom stereocenters. The van der Waals surface area contributed by atoms with E-state index in [0.717, 1.165) is 24.9 Å². The number of piperidine rings is 1. The zero-order valence-electron chi connectivity index (χ0n) is 22.8. The number of non-ortho nitro benzene ring substituents is 1. The first-order valence-corrected chi connectivity index (χ1v) is 13.7. The van der Waals surface area contributed by atoms with Crippen molar-refractivity contribution in [1.29, 1.82) is 0 Å². The lowest BCUT2D eigenvalue weighted by Crippen LogP contribution is -2.34. The minimum Gasteiger partial charge on any atom is -0.354 e. The summed E-state index contributed by atoms with van der Waals surface area (Å²) in [6.07, 6.45) is 3.97. The second kappa shape index (κ2) is 11.2. The topological polar surface area (TPSA) is 163 Å². The molecule has 3 aliphatic rings. The fraction of sp³-hybridized carbons (Fsp3) is 0.161. The molecule has 0 radical (unpaired) electrons. The van der Waals surface area contributed by atoms with E-state index >= 15 is 0 Å². The molecule has 3 aromatic rings. The van der Waals surface area contributed by atoms with Gasteiger partial charge in [-0.25, -0.2) is 4.79 Å². The van der Waals surface area contributed by atoms with Crippen LogP contribution in [-0.4, -0.2) is 40.1 Å². The van der Waals surface area contributed by atoms with Gasteiger partial charge in [-0.2, -0.15) is 0 Å². The summed E-state index contributed by atoms with van der Waals surface area (Å²) >= 11 is 0. The molecule has 43 heavy (non-hydrogen) atoms. The minimum absolute atomic E-state index is 0.126. The molecular weight excluding hydrogens is 552 g/mol. The average molecular weight is 579 g/mol. The number of urea groups is 1. The van der Waals surface area contributed by atoms with E-state index < -0.39 is 22.8 Å². The van der Waals surface area contributed by atoms with Crippen molar-refractivity contribution in [3.8, 4) is 0 Å². The first-order chi connectivity index (χ1) is 20.7. The molecule has 0 aliphatic carbocycles. The average Bonchev–Trinajstić information content (AvgIpc) is 3.49. The Morgan fingerprint density at radius 3 is 2.35 bits per heavy atom. The lowest BCUT2D eigenvalue weighted by molar-refractivity contribution is -0.384. The molecular formula is C31H26N6O6. The second-order valence-electron chi connectivity index (χ2n) is 10.4. The molecule has 12 heteroatoms. The normalized spacial score (nSPS) is 18.2. The molecule has 12 nitrogen and oxygen atoms in total. The summed E-state index contributed by atoms with van der Waals surface area (Å²) in [4.78, 5) is 61.7. The van der Waals surface area contributed by atoms with E-state index in [-0.39, 0.29) is 22.9 Å². The smallest absolute Gasteiger partial charge is 0.326 e. The highest BCUT2D eigenvalue weighted by atomic mass is 16.6. The van der Waals surface area contributed by atoms with Crippen LogP contribution >= 0.6 is 0 Å². The van der Waals surface area contributed by atoms with E-state index in [1.807, 2.05) is 29.2 Å². The van der Waals surface area contributed by atoms with Gasteiger partial charge >= 0.3 is 6.03 Å². The van der Waals surface area contributed by atoms with Crippen LogP contribution in [0.1, 0.15) is 41.5 Å². The molecule has 0 saturated carbocycles. The van der Waals surface area contributed by atoms with Gasteiger partial charge in [0.25, 0.3) is 17.5 Å². The summed E-state index contributed by atoms with van der Waals surface area (Å²) in [7, 11) is 0. The van der Waals surface area contributed by atoms with Gasteiger partial charge in [0, 0.05) is 48.6 Å². The van der Waals surface area contributed by atoms with Crippen molar-refractivity contribution in [3.05, 3.63) is 105 Å². The maximum Gasteiger partial charge on any atom is 0.326 e. The molecule has 0 bridgehead atoms. The fourth-order valence-corrected chi connectivity index (χ4v) is 5.28. The molecule has 4 N–H and O–H groups in total. The molecule has 0 spiro atoms. The first-order valence-electron chi connectivity index (χ1n) is 13.7. The molecule has 3 heterocycles. The number of likely N-dealkylation sites (tertiary alicyclic amines) is 1. The van der Waals surface area contributed by atoms with Crippen molar-refractivity contribution in [2.75, 3.05) is 17.2 Å². The number of benzene rings is 3. The number of nitro benzene ring substituents is 1. The fourth-order valence-electron chi connectivity index (χ4n) is 5.28. The van der Waals surface area contributed by atoms with Gasteiger partial charge in [0.1, 0.15) is 5.70 Å². The van der Waals surface area contributed by atoms with Crippen LogP contribution in [0, 0.1) is 10.1 Å². The number of carbonyl (C=O) groups is 4. The Labute approximate surface area is 245 Å². The van der Waals surface area contributed by atoms with Gasteiger partial charge in [0.2, 0.25) is 5.91 Å². The molecule has 0 aromatic heterocycles. The van der Waals surface area contributed by atoms with Gasteiger partial charge in [0.15, 0.2) is 0 Å². The number of rotatable bonds is 7. The van der Waals surface area contributed by atoms with E-state index in [1.165, 1.54) is 24.3 Å². The van der Waals surface area contributed by atoms with Crippen LogP contribution in [0.2, 0.25) is 0 Å². The number of imide groups is 1. The van der Waals surface area contributed by atoms with Gasteiger partial charge in [0.05, 0.1) is 16.2 Å². The molecule has 2 fully saturated rings. The SMILES string of the molecule is O=C1NC(=O)C(=Cc2ccc(NC(=C3C(=O)Nc4ccc([N+](=O)[O-])cc43)c3ccc(CN4CCCCC4=O)cc3)cc2)N1. The minimum atomic E-state index is -0.588. The van der Waals surface area contributed by atoms with Crippen molar-refractivity contribution in [2.24, 2.45) is 0 Å². The standard InChI is InChI=1S/C31H26N6O6/c38-26-3-1-2-14-36(26)17-19-4-8-20(9-5-19)28(27-23-16-22(37(42)43)12-13-24(23)33-30(27)40)32-21-10-6-18(7-11-21)15-25-29(39)35-31(41)34-25/h4-13,15-16,32H,1-3,14,17H2,(H,33,40)(H2,34,35,39,41). The number of amides is 5. The highest BCUT2D eigenvalue weighted by Crippen LogP contribution is 2.39. The van der Waals surface area contributed by atoms with Crippen molar-refractivity contribution in [2.45, 2.75) is 25.8 Å².